The number of benzene rings is 1. The van der Waals surface area contributed by atoms with Crippen molar-refractivity contribution in [1.82, 2.24) is 4.90 Å². The number of carbonyl (C=O) groups is 2. The minimum absolute atomic E-state index is 0.131. The van der Waals surface area contributed by atoms with E-state index in [0.717, 1.165) is 0 Å². The molecule has 5 heteroatoms. The lowest BCUT2D eigenvalue weighted by Crippen LogP contribution is -2.37. The minimum atomic E-state index is -0.975. The summed E-state index contributed by atoms with van der Waals surface area (Å²) in [4.78, 5) is 24.9. The Morgan fingerprint density at radius 3 is 2.74 bits per heavy atom. The molecule has 0 aromatic heterocycles. The summed E-state index contributed by atoms with van der Waals surface area (Å²) in [6, 6.07) is 6.94. The van der Waals surface area contributed by atoms with Crippen LogP contribution in [0.3, 0.4) is 0 Å². The summed E-state index contributed by atoms with van der Waals surface area (Å²) in [5, 5.41) is 8.98. The predicted octanol–water partition coefficient (Wildman–Crippen LogP) is 1.55. The van der Waals surface area contributed by atoms with Crippen molar-refractivity contribution in [3.8, 4) is 5.75 Å². The molecule has 1 amide bonds. The molecule has 5 nitrogen and oxygen atoms in total. The molecule has 0 saturated heterocycles. The van der Waals surface area contributed by atoms with Gasteiger partial charge in [-0.2, -0.15) is 0 Å². The van der Waals surface area contributed by atoms with Gasteiger partial charge in [0.15, 0.2) is 0 Å². The topological polar surface area (TPSA) is 66.8 Å². The van der Waals surface area contributed by atoms with Gasteiger partial charge in [-0.1, -0.05) is 18.2 Å². The normalized spacial score (nSPS) is 14.8. The van der Waals surface area contributed by atoms with Crippen molar-refractivity contribution in [3.63, 3.8) is 0 Å². The molecule has 2 rings (SSSR count). The largest absolute Gasteiger partial charge is 0.496 e. The van der Waals surface area contributed by atoms with Crippen LogP contribution in [0.15, 0.2) is 35.9 Å². The molecule has 0 radical (unpaired) electrons. The number of methoxy groups -OCH3 is 1. The zero-order valence-electron chi connectivity index (χ0n) is 10.6. The number of rotatable bonds is 3. The van der Waals surface area contributed by atoms with E-state index in [2.05, 4.69) is 0 Å². The van der Waals surface area contributed by atoms with Crippen molar-refractivity contribution < 1.29 is 19.4 Å². The van der Waals surface area contributed by atoms with Gasteiger partial charge in [-0.05, 0) is 18.6 Å². The molecule has 1 aliphatic rings. The van der Waals surface area contributed by atoms with Crippen LogP contribution in [-0.4, -0.2) is 42.1 Å². The number of amides is 1. The number of carboxylic acids is 1. The first-order chi connectivity index (χ1) is 9.13. The Kier molecular flexibility index (Phi) is 3.85. The molecule has 0 spiro atoms. The molecule has 1 aromatic rings. The SMILES string of the molecule is COc1ccccc1C(=O)N1CCC=C(C(=O)O)C1. The molecule has 100 valence electrons. The monoisotopic (exact) mass is 261 g/mol. The molecule has 0 bridgehead atoms. The number of hydrogen-bond acceptors (Lipinski definition) is 3. The van der Waals surface area contributed by atoms with E-state index in [9.17, 15) is 9.59 Å². The molecule has 1 aliphatic heterocycles. The highest BCUT2D eigenvalue weighted by molar-refractivity contribution is 5.98. The molecule has 0 saturated carbocycles. The van der Waals surface area contributed by atoms with Crippen molar-refractivity contribution >= 4 is 11.9 Å². The first-order valence-electron chi connectivity index (χ1n) is 5.98. The van der Waals surface area contributed by atoms with Crippen LogP contribution in [0.2, 0.25) is 0 Å². The fourth-order valence-corrected chi connectivity index (χ4v) is 2.06. The van der Waals surface area contributed by atoms with E-state index < -0.39 is 5.97 Å². The summed E-state index contributed by atoms with van der Waals surface area (Å²) in [6.07, 6.45) is 2.22. The van der Waals surface area contributed by atoms with E-state index >= 15 is 0 Å². The van der Waals surface area contributed by atoms with Gasteiger partial charge < -0.3 is 14.7 Å². The van der Waals surface area contributed by atoms with E-state index in [-0.39, 0.29) is 18.0 Å². The molecule has 1 heterocycles. The van der Waals surface area contributed by atoms with Gasteiger partial charge in [-0.15, -0.1) is 0 Å². The molecule has 1 N–H and O–H groups in total. The maximum atomic E-state index is 12.4. The Balaban J connectivity index is 2.21. The Hall–Kier alpha value is -2.30. The third-order valence-corrected chi connectivity index (χ3v) is 3.05. The van der Waals surface area contributed by atoms with Crippen LogP contribution in [0.1, 0.15) is 16.8 Å². The highest BCUT2D eigenvalue weighted by Gasteiger charge is 2.24. The summed E-state index contributed by atoms with van der Waals surface area (Å²) < 4.78 is 5.15. The van der Waals surface area contributed by atoms with Crippen molar-refractivity contribution in [2.24, 2.45) is 0 Å². The summed E-state index contributed by atoms with van der Waals surface area (Å²) >= 11 is 0. The number of aliphatic carboxylic acids is 1. The van der Waals surface area contributed by atoms with E-state index in [1.807, 2.05) is 0 Å². The summed E-state index contributed by atoms with van der Waals surface area (Å²) in [5.41, 5.74) is 0.714. The number of ether oxygens (including phenoxy) is 1. The van der Waals surface area contributed by atoms with E-state index in [4.69, 9.17) is 9.84 Å². The lowest BCUT2D eigenvalue weighted by molar-refractivity contribution is -0.132. The van der Waals surface area contributed by atoms with E-state index in [1.54, 1.807) is 30.3 Å². The second-order valence-corrected chi connectivity index (χ2v) is 4.25. The highest BCUT2D eigenvalue weighted by Crippen LogP contribution is 2.21. The summed E-state index contributed by atoms with van der Waals surface area (Å²) in [7, 11) is 1.50. The Morgan fingerprint density at radius 2 is 2.05 bits per heavy atom. The third kappa shape index (κ3) is 2.76. The maximum Gasteiger partial charge on any atom is 0.333 e. The summed E-state index contributed by atoms with van der Waals surface area (Å²) in [6.45, 7) is 0.653. The fourth-order valence-electron chi connectivity index (χ4n) is 2.06. The fraction of sp³-hybridized carbons (Fsp3) is 0.286. The van der Waals surface area contributed by atoms with Gasteiger partial charge in [0.25, 0.3) is 5.91 Å². The smallest absolute Gasteiger partial charge is 0.333 e. The molecular formula is C14H15NO4. The molecule has 19 heavy (non-hydrogen) atoms. The van der Waals surface area contributed by atoms with Gasteiger partial charge in [0, 0.05) is 6.54 Å². The Labute approximate surface area is 111 Å². The van der Waals surface area contributed by atoms with Gasteiger partial charge >= 0.3 is 5.97 Å². The quantitative estimate of drug-likeness (QED) is 0.896. The molecule has 0 fully saturated rings. The lowest BCUT2D eigenvalue weighted by Gasteiger charge is -2.26. The Bertz CT molecular complexity index is 536. The van der Waals surface area contributed by atoms with Gasteiger partial charge in [0.05, 0.1) is 24.8 Å². The van der Waals surface area contributed by atoms with Crippen molar-refractivity contribution in [1.29, 1.82) is 0 Å². The minimum Gasteiger partial charge on any atom is -0.496 e. The standard InChI is InChI=1S/C14H15NO4/c1-19-12-7-3-2-6-11(12)13(16)15-8-4-5-10(9-15)14(17)18/h2-3,5-7H,4,8-9H2,1H3,(H,17,18). The van der Waals surface area contributed by atoms with E-state index in [1.165, 1.54) is 12.0 Å². The second-order valence-electron chi connectivity index (χ2n) is 4.25. The third-order valence-electron chi connectivity index (χ3n) is 3.05. The zero-order chi connectivity index (χ0) is 13.8. The predicted molar refractivity (Wildman–Crippen MR) is 69.2 cm³/mol. The van der Waals surface area contributed by atoms with Gasteiger partial charge in [0.1, 0.15) is 5.75 Å². The van der Waals surface area contributed by atoms with Crippen molar-refractivity contribution in [2.45, 2.75) is 6.42 Å². The molecule has 0 atom stereocenters. The van der Waals surface area contributed by atoms with Crippen LogP contribution in [0.5, 0.6) is 5.75 Å². The first kappa shape index (κ1) is 13.1. The maximum absolute atomic E-state index is 12.4. The average Bonchev–Trinajstić information content (AvgIpc) is 2.46. The van der Waals surface area contributed by atoms with Gasteiger partial charge in [0.2, 0.25) is 0 Å². The van der Waals surface area contributed by atoms with Crippen molar-refractivity contribution in [2.75, 3.05) is 20.2 Å². The van der Waals surface area contributed by atoms with Crippen LogP contribution in [0.4, 0.5) is 0 Å². The van der Waals surface area contributed by atoms with Crippen LogP contribution in [0.25, 0.3) is 0 Å². The number of para-hydroxylation sites is 1. The van der Waals surface area contributed by atoms with Crippen LogP contribution in [-0.2, 0) is 4.79 Å². The second kappa shape index (κ2) is 5.56. The number of hydrogen-bond donors (Lipinski definition) is 1. The van der Waals surface area contributed by atoms with Gasteiger partial charge in [-0.3, -0.25) is 4.79 Å². The molecular weight excluding hydrogens is 246 g/mol. The number of carboxylic acid groups (broad SMARTS) is 1. The molecule has 0 aliphatic carbocycles. The first-order valence-corrected chi connectivity index (χ1v) is 5.98. The molecule has 0 unspecified atom stereocenters. The number of carbonyl (C=O) groups excluding carboxylic acids is 1. The van der Waals surface area contributed by atoms with Crippen LogP contribution in [0, 0.1) is 0 Å². The lowest BCUT2D eigenvalue weighted by atomic mass is 10.1. The summed E-state index contributed by atoms with van der Waals surface area (Å²) in [5.74, 6) is -0.680. The zero-order valence-corrected chi connectivity index (χ0v) is 10.6. The van der Waals surface area contributed by atoms with Crippen LogP contribution >= 0.6 is 0 Å². The Morgan fingerprint density at radius 1 is 1.32 bits per heavy atom. The van der Waals surface area contributed by atoms with Crippen LogP contribution < -0.4 is 4.74 Å². The van der Waals surface area contributed by atoms with E-state index in [0.29, 0.717) is 24.3 Å². The van der Waals surface area contributed by atoms with Gasteiger partial charge in [-0.25, -0.2) is 4.79 Å². The van der Waals surface area contributed by atoms with Crippen molar-refractivity contribution in [3.05, 3.63) is 41.5 Å². The average molecular weight is 261 g/mol. The number of nitrogens with zero attached hydrogens (tertiary/aromatic N) is 1. The highest BCUT2D eigenvalue weighted by atomic mass is 16.5. The molecule has 1 aromatic carbocycles.